The van der Waals surface area contributed by atoms with Crippen molar-refractivity contribution in [2.45, 2.75) is 12.5 Å². The van der Waals surface area contributed by atoms with Gasteiger partial charge in [-0.3, -0.25) is 0 Å². The number of ether oxygens (including phenoxy) is 2. The highest BCUT2D eigenvalue weighted by atomic mass is 79.9. The predicted octanol–water partition coefficient (Wildman–Crippen LogP) is 2.48. The maximum atomic E-state index is 12.3. The van der Waals surface area contributed by atoms with Gasteiger partial charge in [0.1, 0.15) is 6.10 Å². The van der Waals surface area contributed by atoms with Crippen molar-refractivity contribution in [1.82, 2.24) is 0 Å². The highest BCUT2D eigenvalue weighted by Crippen LogP contribution is 2.41. The molecule has 0 aliphatic carbocycles. The summed E-state index contributed by atoms with van der Waals surface area (Å²) in [5.74, 6) is 0.833. The van der Waals surface area contributed by atoms with E-state index in [1.54, 1.807) is 0 Å². The summed E-state index contributed by atoms with van der Waals surface area (Å²) in [6.07, 6.45) is -4.63. The van der Waals surface area contributed by atoms with Crippen LogP contribution in [-0.2, 0) is 0 Å². The molecule has 2 rings (SSSR count). The summed E-state index contributed by atoms with van der Waals surface area (Å²) >= 11 is 3.15. The number of hydrogen-bond donors (Lipinski definition) is 1. The number of fused-ring (bicyclic) bond motifs is 1. The maximum Gasteiger partial charge on any atom is 0.268 e. The van der Waals surface area contributed by atoms with Crippen LogP contribution < -0.4 is 9.47 Å². The van der Waals surface area contributed by atoms with Crippen molar-refractivity contribution < 1.29 is 23.4 Å². The van der Waals surface area contributed by atoms with E-state index in [1.165, 1.54) is 12.1 Å². The Labute approximate surface area is 92.7 Å². The summed E-state index contributed by atoms with van der Waals surface area (Å²) in [6.45, 7) is 0.0577. The average molecular weight is 281 g/mol. The summed E-state index contributed by atoms with van der Waals surface area (Å²) in [4.78, 5) is 0. The van der Waals surface area contributed by atoms with Crippen molar-refractivity contribution in [3.8, 4) is 11.5 Å². The van der Waals surface area contributed by atoms with E-state index < -0.39 is 12.5 Å². The second-order valence-electron chi connectivity index (χ2n) is 3.02. The third kappa shape index (κ3) is 1.91. The Morgan fingerprint density at radius 3 is 2.73 bits per heavy atom. The molecule has 0 amide bonds. The fourth-order valence-electron chi connectivity index (χ4n) is 1.30. The lowest BCUT2D eigenvalue weighted by atomic mass is 10.1. The van der Waals surface area contributed by atoms with Gasteiger partial charge in [0.2, 0.25) is 6.79 Å². The Hall–Kier alpha value is -0.880. The molecule has 1 heterocycles. The highest BCUT2D eigenvalue weighted by Gasteiger charge is 2.24. The van der Waals surface area contributed by atoms with Crippen molar-refractivity contribution in [3.05, 3.63) is 22.2 Å². The van der Waals surface area contributed by atoms with Crippen molar-refractivity contribution in [2.24, 2.45) is 0 Å². The fourth-order valence-corrected chi connectivity index (χ4v) is 1.88. The Bertz CT molecular complexity index is 384. The first-order valence-electron chi connectivity index (χ1n) is 4.15. The van der Waals surface area contributed by atoms with Gasteiger partial charge in [-0.05, 0) is 33.6 Å². The van der Waals surface area contributed by atoms with Crippen LogP contribution in [0.2, 0.25) is 0 Å². The lowest BCUT2D eigenvalue weighted by Gasteiger charge is -2.11. The van der Waals surface area contributed by atoms with E-state index in [9.17, 15) is 13.9 Å². The van der Waals surface area contributed by atoms with Crippen LogP contribution in [0.3, 0.4) is 0 Å². The number of alkyl halides is 2. The van der Waals surface area contributed by atoms with Crippen molar-refractivity contribution >= 4 is 15.9 Å². The zero-order valence-corrected chi connectivity index (χ0v) is 9.00. The zero-order valence-electron chi connectivity index (χ0n) is 7.41. The molecule has 0 saturated carbocycles. The quantitative estimate of drug-likeness (QED) is 0.905. The predicted molar refractivity (Wildman–Crippen MR) is 51.2 cm³/mol. The molecule has 0 saturated heterocycles. The van der Waals surface area contributed by atoms with Gasteiger partial charge in [-0.15, -0.1) is 0 Å². The minimum atomic E-state index is -2.82. The van der Waals surface area contributed by atoms with Crippen LogP contribution in [0, 0.1) is 0 Å². The molecule has 0 spiro atoms. The van der Waals surface area contributed by atoms with E-state index in [1.807, 2.05) is 0 Å². The Kier molecular flexibility index (Phi) is 2.79. The first-order valence-corrected chi connectivity index (χ1v) is 4.94. The SMILES string of the molecule is OC(c1cc(Br)c2c(c1)OCO2)C(F)F. The summed E-state index contributed by atoms with van der Waals surface area (Å²) in [5, 5.41) is 9.19. The van der Waals surface area contributed by atoms with Crippen LogP contribution in [0.25, 0.3) is 0 Å². The van der Waals surface area contributed by atoms with E-state index in [0.29, 0.717) is 16.0 Å². The normalized spacial score (nSPS) is 15.8. The molecule has 1 aromatic rings. The number of rotatable bonds is 2. The van der Waals surface area contributed by atoms with E-state index >= 15 is 0 Å². The summed E-state index contributed by atoms with van der Waals surface area (Å²) in [7, 11) is 0. The molecule has 0 radical (unpaired) electrons. The fraction of sp³-hybridized carbons (Fsp3) is 0.333. The number of aliphatic hydroxyl groups is 1. The second-order valence-corrected chi connectivity index (χ2v) is 3.87. The van der Waals surface area contributed by atoms with E-state index in [-0.39, 0.29) is 12.4 Å². The van der Waals surface area contributed by atoms with Crippen LogP contribution >= 0.6 is 15.9 Å². The van der Waals surface area contributed by atoms with Crippen molar-refractivity contribution in [2.75, 3.05) is 6.79 Å². The van der Waals surface area contributed by atoms with Gasteiger partial charge in [0.25, 0.3) is 6.43 Å². The van der Waals surface area contributed by atoms with Crippen molar-refractivity contribution in [3.63, 3.8) is 0 Å². The molecule has 15 heavy (non-hydrogen) atoms. The van der Waals surface area contributed by atoms with Gasteiger partial charge in [0, 0.05) is 0 Å². The first-order chi connectivity index (χ1) is 7.09. The van der Waals surface area contributed by atoms with Gasteiger partial charge in [-0.25, -0.2) is 8.78 Å². The van der Waals surface area contributed by atoms with E-state index in [2.05, 4.69) is 15.9 Å². The van der Waals surface area contributed by atoms with Gasteiger partial charge >= 0.3 is 0 Å². The third-order valence-corrected chi connectivity index (χ3v) is 2.62. The number of benzene rings is 1. The molecule has 1 N–H and O–H groups in total. The largest absolute Gasteiger partial charge is 0.454 e. The van der Waals surface area contributed by atoms with Gasteiger partial charge in [-0.1, -0.05) is 0 Å². The van der Waals surface area contributed by atoms with Gasteiger partial charge in [0.05, 0.1) is 4.47 Å². The molecule has 82 valence electrons. The molecular weight excluding hydrogens is 274 g/mol. The number of hydrogen-bond acceptors (Lipinski definition) is 3. The molecule has 3 nitrogen and oxygen atoms in total. The zero-order chi connectivity index (χ0) is 11.0. The molecule has 1 aliphatic heterocycles. The standard InChI is InChI=1S/C9H7BrF2O3/c10-5-1-4(7(13)9(11)12)2-6-8(5)15-3-14-6/h1-2,7,9,13H,3H2. The van der Waals surface area contributed by atoms with Crippen LogP contribution in [0.15, 0.2) is 16.6 Å². The summed E-state index contributed by atoms with van der Waals surface area (Å²) < 4.78 is 35.1. The lowest BCUT2D eigenvalue weighted by molar-refractivity contribution is -0.00588. The number of aliphatic hydroxyl groups excluding tert-OH is 1. The van der Waals surface area contributed by atoms with Crippen LogP contribution in [0.5, 0.6) is 11.5 Å². The van der Waals surface area contributed by atoms with E-state index in [4.69, 9.17) is 9.47 Å². The third-order valence-electron chi connectivity index (χ3n) is 2.03. The van der Waals surface area contributed by atoms with Crippen LogP contribution in [-0.4, -0.2) is 18.3 Å². The molecule has 1 unspecified atom stereocenters. The first kappa shape index (κ1) is 10.6. The maximum absolute atomic E-state index is 12.3. The molecule has 0 bridgehead atoms. The van der Waals surface area contributed by atoms with E-state index in [0.717, 1.165) is 0 Å². The van der Waals surface area contributed by atoms with Gasteiger partial charge in [0.15, 0.2) is 11.5 Å². The molecule has 0 fully saturated rings. The average Bonchev–Trinajstić information content (AvgIpc) is 2.64. The monoisotopic (exact) mass is 280 g/mol. The highest BCUT2D eigenvalue weighted by molar-refractivity contribution is 9.10. The molecular formula is C9H7BrF2O3. The molecule has 1 atom stereocenters. The minimum Gasteiger partial charge on any atom is -0.454 e. The minimum absolute atomic E-state index is 0.0577. The Morgan fingerprint density at radius 2 is 2.07 bits per heavy atom. The van der Waals surface area contributed by atoms with Crippen molar-refractivity contribution in [1.29, 1.82) is 0 Å². The molecule has 1 aromatic carbocycles. The molecule has 0 aromatic heterocycles. The van der Waals surface area contributed by atoms with Crippen LogP contribution in [0.1, 0.15) is 11.7 Å². The number of halogens is 3. The topological polar surface area (TPSA) is 38.7 Å². The van der Waals surface area contributed by atoms with Gasteiger partial charge in [-0.2, -0.15) is 0 Å². The Balaban J connectivity index is 2.39. The molecule has 1 aliphatic rings. The second kappa shape index (κ2) is 3.94. The summed E-state index contributed by atoms with van der Waals surface area (Å²) in [5.41, 5.74) is 0.0983. The summed E-state index contributed by atoms with van der Waals surface area (Å²) in [6, 6.07) is 2.74. The van der Waals surface area contributed by atoms with Crippen LogP contribution in [0.4, 0.5) is 8.78 Å². The smallest absolute Gasteiger partial charge is 0.268 e. The Morgan fingerprint density at radius 1 is 1.33 bits per heavy atom. The lowest BCUT2D eigenvalue weighted by Crippen LogP contribution is -2.07. The molecule has 6 heteroatoms. The van der Waals surface area contributed by atoms with Gasteiger partial charge < -0.3 is 14.6 Å².